The molecule has 0 fully saturated rings. The highest BCUT2D eigenvalue weighted by Gasteiger charge is 2.21. The van der Waals surface area contributed by atoms with Crippen LogP contribution in [0.25, 0.3) is 0 Å². The number of halogens is 1. The maximum Gasteiger partial charge on any atom is 0.251 e. The van der Waals surface area contributed by atoms with Crippen molar-refractivity contribution in [3.8, 4) is 0 Å². The van der Waals surface area contributed by atoms with Crippen LogP contribution in [0, 0.1) is 0 Å². The molecule has 29 heavy (non-hydrogen) atoms. The fourth-order valence-electron chi connectivity index (χ4n) is 2.88. The third-order valence-electron chi connectivity index (χ3n) is 4.42. The van der Waals surface area contributed by atoms with Crippen molar-refractivity contribution in [2.45, 2.75) is 18.9 Å². The molecule has 0 aliphatic heterocycles. The second kappa shape index (κ2) is 10.4. The Morgan fingerprint density at radius 1 is 0.931 bits per heavy atom. The second-order valence-electron chi connectivity index (χ2n) is 6.58. The molecule has 0 radical (unpaired) electrons. The Morgan fingerprint density at radius 2 is 1.66 bits per heavy atom. The lowest BCUT2D eigenvalue weighted by molar-refractivity contribution is -0.122. The number of carbonyl (C=O) groups is 2. The summed E-state index contributed by atoms with van der Waals surface area (Å²) >= 11 is 5.89. The average Bonchev–Trinajstić information content (AvgIpc) is 2.75. The standard InChI is InChI=1S/C23H22ClN3O2/c24-19-11-9-18(10-12-19)22(28)27-21(16-17-6-2-1-3-7-17)23(29)26-15-13-20-8-4-5-14-25-20/h1-12,14,21H,13,15-16H2,(H,26,29)(H,27,28). The van der Waals surface area contributed by atoms with E-state index in [0.717, 1.165) is 11.3 Å². The molecule has 0 spiro atoms. The van der Waals surface area contributed by atoms with E-state index in [1.807, 2.05) is 48.5 Å². The van der Waals surface area contributed by atoms with Crippen molar-refractivity contribution in [1.29, 1.82) is 0 Å². The number of carbonyl (C=O) groups excluding carboxylic acids is 2. The van der Waals surface area contributed by atoms with Gasteiger partial charge in [-0.3, -0.25) is 14.6 Å². The van der Waals surface area contributed by atoms with E-state index in [2.05, 4.69) is 15.6 Å². The molecule has 0 bridgehead atoms. The van der Waals surface area contributed by atoms with Gasteiger partial charge in [-0.2, -0.15) is 0 Å². The lowest BCUT2D eigenvalue weighted by atomic mass is 10.0. The predicted molar refractivity (Wildman–Crippen MR) is 114 cm³/mol. The van der Waals surface area contributed by atoms with E-state index in [1.54, 1.807) is 30.5 Å². The predicted octanol–water partition coefficient (Wildman–Crippen LogP) is 3.44. The number of pyridine rings is 1. The van der Waals surface area contributed by atoms with Gasteiger partial charge < -0.3 is 10.6 Å². The first-order valence-corrected chi connectivity index (χ1v) is 9.77. The van der Waals surface area contributed by atoms with Gasteiger partial charge >= 0.3 is 0 Å². The van der Waals surface area contributed by atoms with Crippen molar-refractivity contribution in [2.75, 3.05) is 6.54 Å². The van der Waals surface area contributed by atoms with Crippen molar-refractivity contribution in [2.24, 2.45) is 0 Å². The van der Waals surface area contributed by atoms with Gasteiger partial charge in [0.15, 0.2) is 0 Å². The molecule has 3 rings (SSSR count). The SMILES string of the molecule is O=C(NC(Cc1ccccc1)C(=O)NCCc1ccccn1)c1ccc(Cl)cc1. The highest BCUT2D eigenvalue weighted by molar-refractivity contribution is 6.30. The van der Waals surface area contributed by atoms with Gasteiger partial charge in [0.05, 0.1) is 0 Å². The summed E-state index contributed by atoms with van der Waals surface area (Å²) in [6.45, 7) is 0.442. The largest absolute Gasteiger partial charge is 0.354 e. The van der Waals surface area contributed by atoms with E-state index in [0.29, 0.717) is 30.0 Å². The van der Waals surface area contributed by atoms with Crippen LogP contribution in [0.15, 0.2) is 79.0 Å². The van der Waals surface area contributed by atoms with Gasteiger partial charge in [-0.25, -0.2) is 0 Å². The Morgan fingerprint density at radius 3 is 2.34 bits per heavy atom. The fourth-order valence-corrected chi connectivity index (χ4v) is 3.01. The average molecular weight is 408 g/mol. The maximum atomic E-state index is 12.8. The van der Waals surface area contributed by atoms with Crippen LogP contribution in [-0.4, -0.2) is 29.4 Å². The number of aromatic nitrogens is 1. The molecule has 1 heterocycles. The van der Waals surface area contributed by atoms with Gasteiger partial charge in [0.25, 0.3) is 5.91 Å². The van der Waals surface area contributed by atoms with Gasteiger partial charge in [-0.05, 0) is 42.0 Å². The number of amides is 2. The summed E-state index contributed by atoms with van der Waals surface area (Å²) in [5.41, 5.74) is 2.32. The minimum atomic E-state index is -0.690. The first kappa shape index (κ1) is 20.6. The highest BCUT2D eigenvalue weighted by atomic mass is 35.5. The molecule has 6 heteroatoms. The Labute approximate surface area is 175 Å². The van der Waals surface area contributed by atoms with E-state index >= 15 is 0 Å². The van der Waals surface area contributed by atoms with Crippen molar-refractivity contribution in [1.82, 2.24) is 15.6 Å². The summed E-state index contributed by atoms with van der Waals surface area (Å²) in [5.74, 6) is -0.547. The van der Waals surface area contributed by atoms with E-state index < -0.39 is 6.04 Å². The summed E-state index contributed by atoms with van der Waals surface area (Å²) in [6, 6.07) is 21.2. The zero-order valence-corrected chi connectivity index (χ0v) is 16.6. The van der Waals surface area contributed by atoms with Crippen molar-refractivity contribution in [3.05, 3.63) is 101 Å². The molecule has 2 amide bonds. The van der Waals surface area contributed by atoms with Gasteiger partial charge in [0.2, 0.25) is 5.91 Å². The summed E-state index contributed by atoms with van der Waals surface area (Å²) in [6.07, 6.45) is 2.74. The van der Waals surface area contributed by atoms with Crippen molar-refractivity contribution < 1.29 is 9.59 Å². The lowest BCUT2D eigenvalue weighted by Crippen LogP contribution is -2.48. The molecule has 0 aliphatic carbocycles. The zero-order chi connectivity index (χ0) is 20.5. The third-order valence-corrected chi connectivity index (χ3v) is 4.67. The van der Waals surface area contributed by atoms with Gasteiger partial charge in [0, 0.05) is 41.9 Å². The molecule has 5 nitrogen and oxygen atoms in total. The smallest absolute Gasteiger partial charge is 0.251 e. The van der Waals surface area contributed by atoms with E-state index in [-0.39, 0.29) is 11.8 Å². The Hall–Kier alpha value is -3.18. The molecule has 148 valence electrons. The summed E-state index contributed by atoms with van der Waals surface area (Å²) in [5, 5.41) is 6.29. The minimum Gasteiger partial charge on any atom is -0.354 e. The van der Waals surface area contributed by atoms with E-state index in [1.165, 1.54) is 0 Å². The Balaban J connectivity index is 1.65. The molecular formula is C23H22ClN3O2. The fraction of sp³-hybridized carbons (Fsp3) is 0.174. The third kappa shape index (κ3) is 6.43. The van der Waals surface area contributed by atoms with Crippen molar-refractivity contribution >= 4 is 23.4 Å². The van der Waals surface area contributed by atoms with Crippen LogP contribution in [-0.2, 0) is 17.6 Å². The van der Waals surface area contributed by atoms with E-state index in [9.17, 15) is 9.59 Å². The molecule has 1 aromatic heterocycles. The van der Waals surface area contributed by atoms with Crippen LogP contribution in [0.4, 0.5) is 0 Å². The number of nitrogens with zero attached hydrogens (tertiary/aromatic N) is 1. The molecule has 3 aromatic rings. The first-order chi connectivity index (χ1) is 14.1. The maximum absolute atomic E-state index is 12.8. The second-order valence-corrected chi connectivity index (χ2v) is 7.02. The van der Waals surface area contributed by atoms with Crippen LogP contribution in [0.2, 0.25) is 5.02 Å². The molecule has 0 saturated carbocycles. The first-order valence-electron chi connectivity index (χ1n) is 9.40. The Kier molecular flexibility index (Phi) is 7.36. The van der Waals surface area contributed by atoms with Crippen molar-refractivity contribution in [3.63, 3.8) is 0 Å². The number of nitrogens with one attached hydrogen (secondary N) is 2. The highest BCUT2D eigenvalue weighted by Crippen LogP contribution is 2.10. The molecular weight excluding hydrogens is 386 g/mol. The zero-order valence-electron chi connectivity index (χ0n) is 15.8. The van der Waals surface area contributed by atoms with Crippen LogP contribution in [0.5, 0.6) is 0 Å². The van der Waals surface area contributed by atoms with Gasteiger partial charge in [0.1, 0.15) is 6.04 Å². The van der Waals surface area contributed by atoms with Crippen LogP contribution in [0.3, 0.4) is 0 Å². The Bertz CT molecular complexity index is 931. The van der Waals surface area contributed by atoms with Gasteiger partial charge in [-0.15, -0.1) is 0 Å². The summed E-state index contributed by atoms with van der Waals surface area (Å²) in [7, 11) is 0. The monoisotopic (exact) mass is 407 g/mol. The number of hydrogen-bond donors (Lipinski definition) is 2. The summed E-state index contributed by atoms with van der Waals surface area (Å²) < 4.78 is 0. The van der Waals surface area contributed by atoms with Gasteiger partial charge in [-0.1, -0.05) is 48.0 Å². The number of benzene rings is 2. The molecule has 0 saturated heterocycles. The number of hydrogen-bond acceptors (Lipinski definition) is 3. The molecule has 1 atom stereocenters. The van der Waals surface area contributed by atoms with E-state index in [4.69, 9.17) is 11.6 Å². The van der Waals surface area contributed by atoms with Crippen LogP contribution >= 0.6 is 11.6 Å². The lowest BCUT2D eigenvalue weighted by Gasteiger charge is -2.19. The topological polar surface area (TPSA) is 71.1 Å². The van der Waals surface area contributed by atoms with Crippen LogP contribution in [0.1, 0.15) is 21.6 Å². The molecule has 0 aliphatic rings. The molecule has 1 unspecified atom stereocenters. The molecule has 2 aromatic carbocycles. The van der Waals surface area contributed by atoms with Crippen LogP contribution < -0.4 is 10.6 Å². The normalized spacial score (nSPS) is 11.5. The summed E-state index contributed by atoms with van der Waals surface area (Å²) in [4.78, 5) is 29.7. The quantitative estimate of drug-likeness (QED) is 0.601. The number of rotatable bonds is 8. The molecule has 2 N–H and O–H groups in total. The minimum absolute atomic E-state index is 0.230.